The number of nitrogens with zero attached hydrogens (tertiary/aromatic N) is 3. The molecule has 0 radical (unpaired) electrons. The first-order valence-electron chi connectivity index (χ1n) is 9.13. The van der Waals surface area contributed by atoms with Gasteiger partial charge in [-0.2, -0.15) is 0 Å². The van der Waals surface area contributed by atoms with E-state index >= 15 is 0 Å². The highest BCUT2D eigenvalue weighted by molar-refractivity contribution is 5.80. The molecule has 0 saturated heterocycles. The van der Waals surface area contributed by atoms with E-state index in [0.29, 0.717) is 30.0 Å². The molecule has 0 aliphatic heterocycles. The number of hydrogen-bond acceptors (Lipinski definition) is 2. The number of aryl methyl sites for hydroxylation is 1. The van der Waals surface area contributed by atoms with Crippen LogP contribution in [0, 0.1) is 0 Å². The Bertz CT molecular complexity index is 723. The van der Waals surface area contributed by atoms with Gasteiger partial charge in [0.2, 0.25) is 5.91 Å². The molecule has 136 valence electrons. The first kappa shape index (κ1) is 17.8. The molecule has 6 heteroatoms. The standard InChI is InChI=1S/C19H25F2N3O/c1-2-24(14-7-4-3-5-8-14)17(25)11-12-23-13-22-18-15(19(20)21)9-6-10-16(18)23/h6,9-10,13-14,19H,2-5,7-8,11-12H2,1H3. The molecule has 1 aromatic carbocycles. The summed E-state index contributed by atoms with van der Waals surface area (Å²) in [7, 11) is 0. The van der Waals surface area contributed by atoms with E-state index < -0.39 is 6.43 Å². The SMILES string of the molecule is CCN(C(=O)CCn1cnc2c(C(F)F)cccc21)C1CCCCC1. The zero-order chi connectivity index (χ0) is 17.8. The fourth-order valence-corrected chi connectivity index (χ4v) is 3.86. The van der Waals surface area contributed by atoms with E-state index in [2.05, 4.69) is 4.98 Å². The summed E-state index contributed by atoms with van der Waals surface area (Å²) < 4.78 is 27.9. The summed E-state index contributed by atoms with van der Waals surface area (Å²) in [6.45, 7) is 3.21. The Kier molecular flexibility index (Phi) is 5.66. The Labute approximate surface area is 146 Å². The molecule has 1 fully saturated rings. The number of rotatable bonds is 6. The van der Waals surface area contributed by atoms with E-state index in [9.17, 15) is 13.6 Å². The Hall–Kier alpha value is -1.98. The molecule has 1 heterocycles. The molecule has 1 aromatic heterocycles. The number of alkyl halides is 2. The predicted molar refractivity (Wildman–Crippen MR) is 93.6 cm³/mol. The van der Waals surface area contributed by atoms with Crippen LogP contribution in [0.15, 0.2) is 24.5 Å². The lowest BCUT2D eigenvalue weighted by Gasteiger charge is -2.33. The normalized spacial score (nSPS) is 15.8. The van der Waals surface area contributed by atoms with E-state index in [4.69, 9.17) is 0 Å². The van der Waals surface area contributed by atoms with Gasteiger partial charge in [0.05, 0.1) is 17.4 Å². The Morgan fingerprint density at radius 2 is 2.08 bits per heavy atom. The number of halogens is 2. The fraction of sp³-hybridized carbons (Fsp3) is 0.579. The second-order valence-electron chi connectivity index (χ2n) is 6.68. The van der Waals surface area contributed by atoms with Crippen molar-refractivity contribution in [1.29, 1.82) is 0 Å². The van der Waals surface area contributed by atoms with Crippen LogP contribution in [0.1, 0.15) is 57.4 Å². The number of carbonyl (C=O) groups excluding carboxylic acids is 1. The predicted octanol–water partition coefficient (Wildman–Crippen LogP) is 4.55. The van der Waals surface area contributed by atoms with Gasteiger partial charge in [-0.3, -0.25) is 4.79 Å². The lowest BCUT2D eigenvalue weighted by atomic mass is 9.94. The summed E-state index contributed by atoms with van der Waals surface area (Å²) in [6.07, 6.45) is 5.20. The van der Waals surface area contributed by atoms with Crippen LogP contribution in [0.5, 0.6) is 0 Å². The molecule has 0 N–H and O–H groups in total. The molecule has 0 unspecified atom stereocenters. The molecule has 1 aliphatic rings. The van der Waals surface area contributed by atoms with Gasteiger partial charge in [-0.1, -0.05) is 31.4 Å². The molecule has 1 aliphatic carbocycles. The first-order valence-corrected chi connectivity index (χ1v) is 9.13. The van der Waals surface area contributed by atoms with Gasteiger partial charge in [0.25, 0.3) is 6.43 Å². The Balaban J connectivity index is 1.69. The minimum atomic E-state index is -2.55. The van der Waals surface area contributed by atoms with E-state index in [1.165, 1.54) is 25.3 Å². The quantitative estimate of drug-likeness (QED) is 0.767. The molecule has 3 rings (SSSR count). The van der Waals surface area contributed by atoms with Crippen LogP contribution in [0.4, 0.5) is 8.78 Å². The lowest BCUT2D eigenvalue weighted by Crippen LogP contribution is -2.41. The number of imidazole rings is 1. The lowest BCUT2D eigenvalue weighted by molar-refractivity contribution is -0.134. The first-order chi connectivity index (χ1) is 12.1. The van der Waals surface area contributed by atoms with Crippen molar-refractivity contribution in [1.82, 2.24) is 14.5 Å². The van der Waals surface area contributed by atoms with E-state index in [1.54, 1.807) is 23.0 Å². The van der Waals surface area contributed by atoms with Crippen molar-refractivity contribution in [2.24, 2.45) is 0 Å². The topological polar surface area (TPSA) is 38.1 Å². The van der Waals surface area contributed by atoms with Crippen LogP contribution in [0.3, 0.4) is 0 Å². The van der Waals surface area contributed by atoms with Gasteiger partial charge < -0.3 is 9.47 Å². The zero-order valence-corrected chi connectivity index (χ0v) is 14.6. The van der Waals surface area contributed by atoms with Crippen molar-refractivity contribution < 1.29 is 13.6 Å². The summed E-state index contributed by atoms with van der Waals surface area (Å²) in [4.78, 5) is 18.8. The summed E-state index contributed by atoms with van der Waals surface area (Å²) >= 11 is 0. The molecule has 4 nitrogen and oxygen atoms in total. The molecule has 1 saturated carbocycles. The number of fused-ring (bicyclic) bond motifs is 1. The second kappa shape index (κ2) is 7.93. The van der Waals surface area contributed by atoms with Crippen molar-refractivity contribution in [2.75, 3.05) is 6.54 Å². The number of para-hydroxylation sites is 1. The second-order valence-corrected chi connectivity index (χ2v) is 6.68. The molecule has 1 amide bonds. The maximum Gasteiger partial charge on any atom is 0.266 e. The molecule has 0 bridgehead atoms. The highest BCUT2D eigenvalue weighted by Gasteiger charge is 2.24. The third-order valence-electron chi connectivity index (χ3n) is 5.16. The van der Waals surface area contributed by atoms with Crippen molar-refractivity contribution in [3.05, 3.63) is 30.1 Å². The minimum Gasteiger partial charge on any atom is -0.340 e. The van der Waals surface area contributed by atoms with Crippen LogP contribution in [-0.2, 0) is 11.3 Å². The van der Waals surface area contributed by atoms with Gasteiger partial charge in [0.15, 0.2) is 0 Å². The summed E-state index contributed by atoms with van der Waals surface area (Å²) in [5.41, 5.74) is 0.927. The monoisotopic (exact) mass is 349 g/mol. The van der Waals surface area contributed by atoms with Gasteiger partial charge in [0, 0.05) is 31.1 Å². The van der Waals surface area contributed by atoms with Crippen molar-refractivity contribution >= 4 is 16.9 Å². The molecule has 0 atom stereocenters. The molecular weight excluding hydrogens is 324 g/mol. The van der Waals surface area contributed by atoms with Crippen LogP contribution >= 0.6 is 0 Å². The summed E-state index contributed by atoms with van der Waals surface area (Å²) in [5.74, 6) is 0.140. The summed E-state index contributed by atoms with van der Waals surface area (Å²) in [6, 6.07) is 5.15. The van der Waals surface area contributed by atoms with Gasteiger partial charge in [-0.15, -0.1) is 0 Å². The van der Waals surface area contributed by atoms with Crippen LogP contribution < -0.4 is 0 Å². The largest absolute Gasteiger partial charge is 0.340 e. The maximum absolute atomic E-state index is 13.1. The maximum atomic E-state index is 13.1. The molecule has 25 heavy (non-hydrogen) atoms. The van der Waals surface area contributed by atoms with E-state index in [-0.39, 0.29) is 11.5 Å². The van der Waals surface area contributed by atoms with E-state index in [1.807, 2.05) is 11.8 Å². The average Bonchev–Trinajstić information content (AvgIpc) is 3.04. The number of aromatic nitrogens is 2. The number of hydrogen-bond donors (Lipinski definition) is 0. The van der Waals surface area contributed by atoms with Crippen LogP contribution in [-0.4, -0.2) is 32.9 Å². The third kappa shape index (κ3) is 3.83. The van der Waals surface area contributed by atoms with Gasteiger partial charge in [0.1, 0.15) is 0 Å². The summed E-state index contributed by atoms with van der Waals surface area (Å²) in [5, 5.41) is 0. The van der Waals surface area contributed by atoms with Crippen LogP contribution in [0.2, 0.25) is 0 Å². The number of amides is 1. The van der Waals surface area contributed by atoms with Crippen LogP contribution in [0.25, 0.3) is 11.0 Å². The molecular formula is C19H25F2N3O. The highest BCUT2D eigenvalue weighted by Crippen LogP contribution is 2.27. The Morgan fingerprint density at radius 3 is 2.76 bits per heavy atom. The fourth-order valence-electron chi connectivity index (χ4n) is 3.86. The van der Waals surface area contributed by atoms with Crippen molar-refractivity contribution in [2.45, 2.75) is 64.5 Å². The smallest absolute Gasteiger partial charge is 0.266 e. The van der Waals surface area contributed by atoms with E-state index in [0.717, 1.165) is 19.4 Å². The number of benzene rings is 1. The zero-order valence-electron chi connectivity index (χ0n) is 14.6. The third-order valence-corrected chi connectivity index (χ3v) is 5.16. The Morgan fingerprint density at radius 1 is 1.32 bits per heavy atom. The average molecular weight is 349 g/mol. The molecule has 2 aromatic rings. The minimum absolute atomic E-state index is 0.0556. The van der Waals surface area contributed by atoms with Gasteiger partial charge in [-0.25, -0.2) is 13.8 Å². The van der Waals surface area contributed by atoms with Gasteiger partial charge >= 0.3 is 0 Å². The van der Waals surface area contributed by atoms with Gasteiger partial charge in [-0.05, 0) is 25.8 Å². The number of carbonyl (C=O) groups is 1. The van der Waals surface area contributed by atoms with Crippen molar-refractivity contribution in [3.63, 3.8) is 0 Å². The molecule has 0 spiro atoms. The highest BCUT2D eigenvalue weighted by atomic mass is 19.3. The van der Waals surface area contributed by atoms with Crippen molar-refractivity contribution in [3.8, 4) is 0 Å².